The molecule has 0 atom stereocenters. The normalized spacial score (nSPS) is 10.8. The molecule has 31 heavy (non-hydrogen) atoms. The first kappa shape index (κ1) is 21.6. The van der Waals surface area contributed by atoms with Gasteiger partial charge in [0.05, 0.1) is 7.11 Å². The average molecular weight is 416 g/mol. The predicted octanol–water partition coefficient (Wildman–Crippen LogP) is 4.64. The second-order valence-corrected chi connectivity index (χ2v) is 6.66. The van der Waals surface area contributed by atoms with E-state index in [1.165, 1.54) is 25.3 Å². The summed E-state index contributed by atoms with van der Waals surface area (Å²) in [7, 11) is 1.51. The number of benzene rings is 3. The Morgan fingerprint density at radius 1 is 1.03 bits per heavy atom. The van der Waals surface area contributed by atoms with Crippen molar-refractivity contribution in [2.75, 3.05) is 7.11 Å². The van der Waals surface area contributed by atoms with Gasteiger partial charge in [0.15, 0.2) is 11.5 Å². The van der Waals surface area contributed by atoms with Gasteiger partial charge in [-0.25, -0.2) is 4.39 Å². The van der Waals surface area contributed by atoms with Crippen molar-refractivity contribution in [3.63, 3.8) is 0 Å². The van der Waals surface area contributed by atoms with Crippen LogP contribution >= 0.6 is 0 Å². The monoisotopic (exact) mass is 416 g/mol. The lowest BCUT2D eigenvalue weighted by Gasteiger charge is -2.12. The highest BCUT2D eigenvalue weighted by Crippen LogP contribution is 2.29. The van der Waals surface area contributed by atoms with Crippen LogP contribution in [0.4, 0.5) is 4.39 Å². The third kappa shape index (κ3) is 6.18. The highest BCUT2D eigenvalue weighted by molar-refractivity contribution is 6.01. The molecule has 0 aliphatic carbocycles. The van der Waals surface area contributed by atoms with Gasteiger partial charge in [0, 0.05) is 6.54 Å². The molecule has 0 aliphatic rings. The van der Waals surface area contributed by atoms with Crippen molar-refractivity contribution >= 4 is 12.0 Å². The maximum absolute atomic E-state index is 13.0. The molecule has 3 aromatic rings. The molecule has 0 saturated carbocycles. The minimum Gasteiger partial charge on any atom is -0.493 e. The quantitative estimate of drug-likeness (QED) is 0.429. The van der Waals surface area contributed by atoms with Gasteiger partial charge < -0.3 is 14.8 Å². The molecule has 3 aromatic carbocycles. The Balaban J connectivity index is 1.69. The molecule has 0 radical (unpaired) electrons. The number of amides is 1. The fourth-order valence-electron chi connectivity index (χ4n) is 2.82. The number of nitrogens with zero attached hydrogens (tertiary/aromatic N) is 1. The second-order valence-electron chi connectivity index (χ2n) is 6.66. The molecule has 1 amide bonds. The number of carbonyl (C=O) groups excluding carboxylic acids is 1. The molecule has 0 heterocycles. The Hall–Kier alpha value is -4.11. The number of methoxy groups -OCH3 is 1. The molecular weight excluding hydrogens is 395 g/mol. The van der Waals surface area contributed by atoms with Crippen LogP contribution in [0.25, 0.3) is 6.08 Å². The van der Waals surface area contributed by atoms with Crippen molar-refractivity contribution in [1.82, 2.24) is 5.32 Å². The van der Waals surface area contributed by atoms with E-state index in [9.17, 15) is 14.4 Å². The summed E-state index contributed by atoms with van der Waals surface area (Å²) in [5.41, 5.74) is 2.36. The van der Waals surface area contributed by atoms with Gasteiger partial charge in [-0.1, -0.05) is 48.5 Å². The first-order chi connectivity index (χ1) is 15.1. The molecule has 0 bridgehead atoms. The van der Waals surface area contributed by atoms with E-state index in [0.29, 0.717) is 23.6 Å². The molecule has 3 rings (SSSR count). The highest BCUT2D eigenvalue weighted by atomic mass is 19.1. The van der Waals surface area contributed by atoms with E-state index in [2.05, 4.69) is 5.32 Å². The highest BCUT2D eigenvalue weighted by Gasteiger charge is 2.11. The summed E-state index contributed by atoms with van der Waals surface area (Å²) in [4.78, 5) is 12.4. The van der Waals surface area contributed by atoms with Gasteiger partial charge >= 0.3 is 0 Å². The third-order valence-electron chi connectivity index (χ3n) is 4.47. The number of carbonyl (C=O) groups is 1. The molecule has 1 N–H and O–H groups in total. The van der Waals surface area contributed by atoms with Gasteiger partial charge in [-0.15, -0.1) is 0 Å². The van der Waals surface area contributed by atoms with E-state index in [1.807, 2.05) is 36.4 Å². The maximum atomic E-state index is 13.0. The summed E-state index contributed by atoms with van der Waals surface area (Å²) in [6.07, 6.45) is 1.49. The van der Waals surface area contributed by atoms with Crippen molar-refractivity contribution in [3.05, 3.63) is 101 Å². The SMILES string of the molecule is COc1cc(C=C(C#N)C(=O)NCc2ccccc2)ccc1OCc1ccc(F)cc1. The molecule has 5 nitrogen and oxygen atoms in total. The first-order valence-electron chi connectivity index (χ1n) is 9.58. The standard InChI is InChI=1S/C25H21FN2O3/c1-30-24-14-20(9-12-23(24)31-17-19-7-10-22(26)11-8-19)13-21(15-27)25(29)28-16-18-5-3-2-4-6-18/h2-14H,16-17H2,1H3,(H,28,29). The zero-order valence-corrected chi connectivity index (χ0v) is 17.0. The van der Waals surface area contributed by atoms with E-state index in [0.717, 1.165) is 11.1 Å². The van der Waals surface area contributed by atoms with Crippen molar-refractivity contribution < 1.29 is 18.7 Å². The maximum Gasteiger partial charge on any atom is 0.262 e. The van der Waals surface area contributed by atoms with E-state index in [-0.39, 0.29) is 18.0 Å². The van der Waals surface area contributed by atoms with Gasteiger partial charge in [-0.2, -0.15) is 5.26 Å². The van der Waals surface area contributed by atoms with Gasteiger partial charge in [-0.3, -0.25) is 4.79 Å². The smallest absolute Gasteiger partial charge is 0.262 e. The minimum absolute atomic E-state index is 0.0158. The van der Waals surface area contributed by atoms with Gasteiger partial charge in [-0.05, 0) is 47.0 Å². The van der Waals surface area contributed by atoms with Crippen molar-refractivity contribution in [2.45, 2.75) is 13.2 Å². The molecule has 156 valence electrons. The lowest BCUT2D eigenvalue weighted by molar-refractivity contribution is -0.117. The number of hydrogen-bond donors (Lipinski definition) is 1. The second kappa shape index (κ2) is 10.6. The number of ether oxygens (including phenoxy) is 2. The molecule has 0 fully saturated rings. The Bertz CT molecular complexity index is 1100. The van der Waals surface area contributed by atoms with Crippen molar-refractivity contribution in [3.8, 4) is 17.6 Å². The van der Waals surface area contributed by atoms with Crippen LogP contribution < -0.4 is 14.8 Å². The van der Waals surface area contributed by atoms with Crippen molar-refractivity contribution in [1.29, 1.82) is 5.26 Å². The first-order valence-corrected chi connectivity index (χ1v) is 9.58. The Morgan fingerprint density at radius 3 is 2.45 bits per heavy atom. The van der Waals surface area contributed by atoms with Crippen LogP contribution in [0.2, 0.25) is 0 Å². The fraction of sp³-hybridized carbons (Fsp3) is 0.120. The number of nitriles is 1. The average Bonchev–Trinajstić information content (AvgIpc) is 2.81. The zero-order valence-electron chi connectivity index (χ0n) is 17.0. The summed E-state index contributed by atoms with van der Waals surface area (Å²) in [6, 6.07) is 22.5. The predicted molar refractivity (Wildman–Crippen MR) is 116 cm³/mol. The Labute approximate surface area is 180 Å². The third-order valence-corrected chi connectivity index (χ3v) is 4.47. The molecule has 0 unspecified atom stereocenters. The molecule has 6 heteroatoms. The van der Waals surface area contributed by atoms with Crippen LogP contribution in [0.15, 0.2) is 78.4 Å². The number of nitrogens with one attached hydrogen (secondary N) is 1. The van der Waals surface area contributed by atoms with Crippen LogP contribution in [0.3, 0.4) is 0 Å². The van der Waals surface area contributed by atoms with E-state index in [1.54, 1.807) is 30.3 Å². The van der Waals surface area contributed by atoms with Crippen LogP contribution in [0, 0.1) is 17.1 Å². The fourth-order valence-corrected chi connectivity index (χ4v) is 2.82. The Morgan fingerprint density at radius 2 is 1.77 bits per heavy atom. The van der Waals surface area contributed by atoms with Crippen LogP contribution in [0.5, 0.6) is 11.5 Å². The summed E-state index contributed by atoms with van der Waals surface area (Å²) in [5, 5.41) is 12.1. The Kier molecular flexibility index (Phi) is 7.39. The molecule has 0 spiro atoms. The topological polar surface area (TPSA) is 71.3 Å². The molecular formula is C25H21FN2O3. The summed E-state index contributed by atoms with van der Waals surface area (Å²) in [5.74, 6) is 0.189. The number of rotatable bonds is 8. The lowest BCUT2D eigenvalue weighted by Crippen LogP contribution is -2.23. The van der Waals surface area contributed by atoms with Gasteiger partial charge in [0.1, 0.15) is 24.1 Å². The van der Waals surface area contributed by atoms with E-state index < -0.39 is 5.91 Å². The number of halogens is 1. The summed E-state index contributed by atoms with van der Waals surface area (Å²) >= 11 is 0. The van der Waals surface area contributed by atoms with Gasteiger partial charge in [0.25, 0.3) is 5.91 Å². The van der Waals surface area contributed by atoms with Gasteiger partial charge in [0.2, 0.25) is 0 Å². The number of hydrogen-bond acceptors (Lipinski definition) is 4. The van der Waals surface area contributed by atoms with E-state index >= 15 is 0 Å². The lowest BCUT2D eigenvalue weighted by atomic mass is 10.1. The molecule has 0 aliphatic heterocycles. The summed E-state index contributed by atoms with van der Waals surface area (Å²) in [6.45, 7) is 0.579. The zero-order chi connectivity index (χ0) is 22.1. The largest absolute Gasteiger partial charge is 0.493 e. The minimum atomic E-state index is -0.457. The molecule has 0 saturated heterocycles. The summed E-state index contributed by atoms with van der Waals surface area (Å²) < 4.78 is 24.2. The van der Waals surface area contributed by atoms with Crippen LogP contribution in [-0.2, 0) is 17.9 Å². The van der Waals surface area contributed by atoms with E-state index in [4.69, 9.17) is 9.47 Å². The van der Waals surface area contributed by atoms with Crippen LogP contribution in [-0.4, -0.2) is 13.0 Å². The van der Waals surface area contributed by atoms with Crippen molar-refractivity contribution in [2.24, 2.45) is 0 Å². The van der Waals surface area contributed by atoms with Crippen LogP contribution in [0.1, 0.15) is 16.7 Å². The molecule has 0 aromatic heterocycles.